The molecule has 2 heterocycles. The van der Waals surface area contributed by atoms with Crippen LogP contribution in [-0.4, -0.2) is 35.5 Å². The Bertz CT molecular complexity index is 1090. The third-order valence-corrected chi connectivity index (χ3v) is 10.3. The molecule has 1 atom stereocenters. The number of benzene rings is 3. The van der Waals surface area contributed by atoms with Crippen molar-refractivity contribution in [1.29, 1.82) is 0 Å². The van der Waals surface area contributed by atoms with E-state index in [1.54, 1.807) is 12.1 Å². The monoisotopic (exact) mass is 447 g/mol. The summed E-state index contributed by atoms with van der Waals surface area (Å²) in [5.41, 5.74) is 2.56. The van der Waals surface area contributed by atoms with Crippen LogP contribution in [0.3, 0.4) is 0 Å². The van der Waals surface area contributed by atoms with Gasteiger partial charge in [-0.05, 0) is 0 Å². The van der Waals surface area contributed by atoms with Crippen LogP contribution in [0.2, 0.25) is 0 Å². The fraction of sp³-hybridized carbons (Fsp3) is 0.200. The summed E-state index contributed by atoms with van der Waals surface area (Å²) >= 11 is 0. The van der Waals surface area contributed by atoms with Gasteiger partial charge in [-0.3, -0.25) is 0 Å². The number of aryl methyl sites for hydroxylation is 1. The molecule has 0 aromatic heterocycles. The minimum atomic E-state index is -3.63. The second kappa shape index (κ2) is 8.05. The van der Waals surface area contributed by atoms with Crippen molar-refractivity contribution >= 4 is 36.7 Å². The van der Waals surface area contributed by atoms with Crippen LogP contribution < -0.4 is 14.2 Å². The molecule has 1 unspecified atom stereocenters. The number of carbonyl (C=O) groups excluding carboxylic acids is 2. The molecule has 2 aliphatic rings. The SMILES string of the molecule is Cc1ccc(N2C(=O)CC([PH]3(O)N(c4ccccc4)CCN3c3ccccc3)C2=O)cc1. The number of nitrogens with zero attached hydrogens (tertiary/aromatic N) is 3. The number of hydrogen-bond donors (Lipinski definition) is 1. The maximum atomic E-state index is 13.7. The quantitative estimate of drug-likeness (QED) is 0.481. The average Bonchev–Trinajstić information content (AvgIpc) is 3.32. The minimum absolute atomic E-state index is 0.00208. The first-order valence-corrected chi connectivity index (χ1v) is 12.7. The van der Waals surface area contributed by atoms with Gasteiger partial charge in [0.15, 0.2) is 0 Å². The standard InChI is InChI=1S/C25H26N3O3P/c1-19-12-14-22(15-13-19)28-24(29)18-23(25(28)30)32(31)26(20-8-4-2-5-9-20)16-17-27(32)21-10-6-3-7-11-21/h2-15,23,31-32H,16-18H2,1H3. The molecule has 1 N–H and O–H groups in total. The number of para-hydroxylation sites is 2. The molecule has 2 aliphatic heterocycles. The summed E-state index contributed by atoms with van der Waals surface area (Å²) in [6.07, 6.45) is 0.00208. The molecule has 0 spiro atoms. The summed E-state index contributed by atoms with van der Waals surface area (Å²) in [6.45, 7) is 3.14. The summed E-state index contributed by atoms with van der Waals surface area (Å²) in [5, 5.41) is 0. The van der Waals surface area contributed by atoms with Crippen LogP contribution in [0.25, 0.3) is 0 Å². The third-order valence-electron chi connectivity index (χ3n) is 6.38. The van der Waals surface area contributed by atoms with Gasteiger partial charge in [-0.1, -0.05) is 0 Å². The summed E-state index contributed by atoms with van der Waals surface area (Å²) < 4.78 is 3.96. The van der Waals surface area contributed by atoms with Gasteiger partial charge < -0.3 is 0 Å². The van der Waals surface area contributed by atoms with Gasteiger partial charge in [-0.15, -0.1) is 0 Å². The Hall–Kier alpha value is -3.21. The molecule has 0 bridgehead atoms. The van der Waals surface area contributed by atoms with E-state index < -0.39 is 13.4 Å². The molecule has 0 aliphatic carbocycles. The fourth-order valence-corrected chi connectivity index (χ4v) is 8.67. The van der Waals surface area contributed by atoms with E-state index >= 15 is 0 Å². The van der Waals surface area contributed by atoms with Gasteiger partial charge in [0.05, 0.1) is 0 Å². The van der Waals surface area contributed by atoms with Crippen molar-refractivity contribution in [2.45, 2.75) is 19.0 Å². The van der Waals surface area contributed by atoms with Crippen LogP contribution in [0.5, 0.6) is 0 Å². The first-order valence-electron chi connectivity index (χ1n) is 10.8. The van der Waals surface area contributed by atoms with E-state index in [0.717, 1.165) is 16.9 Å². The third kappa shape index (κ3) is 3.27. The van der Waals surface area contributed by atoms with Gasteiger partial charge in [-0.25, -0.2) is 0 Å². The van der Waals surface area contributed by atoms with E-state index in [0.29, 0.717) is 18.8 Å². The zero-order valence-electron chi connectivity index (χ0n) is 17.9. The number of amides is 2. The Morgan fingerprint density at radius 1 is 0.750 bits per heavy atom. The predicted octanol–water partition coefficient (Wildman–Crippen LogP) is 4.14. The van der Waals surface area contributed by atoms with Crippen LogP contribution in [0.1, 0.15) is 12.0 Å². The van der Waals surface area contributed by atoms with E-state index in [1.807, 2.05) is 89.1 Å². The van der Waals surface area contributed by atoms with Crippen LogP contribution in [0.4, 0.5) is 17.1 Å². The van der Waals surface area contributed by atoms with E-state index in [4.69, 9.17) is 0 Å². The molecule has 3 aromatic rings. The normalized spacial score (nSPS) is 21.3. The number of carbonyl (C=O) groups is 2. The summed E-state index contributed by atoms with van der Waals surface area (Å²) in [4.78, 5) is 40.4. The van der Waals surface area contributed by atoms with Crippen LogP contribution in [0, 0.1) is 6.92 Å². The number of imide groups is 1. The van der Waals surface area contributed by atoms with Crippen molar-refractivity contribution in [2.75, 3.05) is 27.3 Å². The van der Waals surface area contributed by atoms with Crippen molar-refractivity contribution in [1.82, 2.24) is 0 Å². The maximum absolute atomic E-state index is 13.7. The van der Waals surface area contributed by atoms with Crippen LogP contribution >= 0.6 is 7.79 Å². The number of rotatable bonds is 4. The Kier molecular flexibility index (Phi) is 5.20. The molecule has 164 valence electrons. The number of anilines is 3. The summed E-state index contributed by atoms with van der Waals surface area (Å²) in [5.74, 6) is -0.588. The van der Waals surface area contributed by atoms with Crippen molar-refractivity contribution in [3.63, 3.8) is 0 Å². The van der Waals surface area contributed by atoms with E-state index in [1.165, 1.54) is 4.90 Å². The van der Waals surface area contributed by atoms with Crippen LogP contribution in [0.15, 0.2) is 84.9 Å². The number of hydrogen-bond acceptors (Lipinski definition) is 5. The van der Waals surface area contributed by atoms with Gasteiger partial charge in [-0.2, -0.15) is 0 Å². The zero-order valence-corrected chi connectivity index (χ0v) is 18.9. The molecular weight excluding hydrogens is 421 g/mol. The van der Waals surface area contributed by atoms with E-state index in [9.17, 15) is 14.5 Å². The molecule has 2 fully saturated rings. The fourth-order valence-electron chi connectivity index (χ4n) is 4.80. The average molecular weight is 447 g/mol. The summed E-state index contributed by atoms with van der Waals surface area (Å²) in [7, 11) is -3.63. The molecular formula is C25H26N3O3P. The Balaban J connectivity index is 1.58. The molecule has 2 amide bonds. The molecule has 0 radical (unpaired) electrons. The molecule has 5 rings (SSSR count). The van der Waals surface area contributed by atoms with Gasteiger partial charge in [0.25, 0.3) is 0 Å². The molecule has 2 saturated heterocycles. The van der Waals surface area contributed by atoms with Crippen molar-refractivity contribution < 1.29 is 14.5 Å². The molecule has 6 nitrogen and oxygen atoms in total. The van der Waals surface area contributed by atoms with Crippen molar-refractivity contribution in [3.05, 3.63) is 90.5 Å². The Morgan fingerprint density at radius 3 is 1.75 bits per heavy atom. The second-order valence-electron chi connectivity index (χ2n) is 8.32. The molecule has 7 heteroatoms. The second-order valence-corrected chi connectivity index (χ2v) is 11.5. The van der Waals surface area contributed by atoms with Gasteiger partial charge in [0, 0.05) is 0 Å². The summed E-state index contributed by atoms with van der Waals surface area (Å²) in [6, 6.07) is 26.7. The zero-order chi connectivity index (χ0) is 22.3. The van der Waals surface area contributed by atoms with Crippen LogP contribution in [-0.2, 0) is 9.59 Å². The Morgan fingerprint density at radius 2 is 1.25 bits per heavy atom. The van der Waals surface area contributed by atoms with Crippen molar-refractivity contribution in [3.8, 4) is 0 Å². The van der Waals surface area contributed by atoms with E-state index in [-0.39, 0.29) is 18.2 Å². The van der Waals surface area contributed by atoms with Gasteiger partial charge >= 0.3 is 188 Å². The van der Waals surface area contributed by atoms with E-state index in [2.05, 4.69) is 0 Å². The first-order chi connectivity index (χ1) is 15.5. The predicted molar refractivity (Wildman–Crippen MR) is 130 cm³/mol. The first kappa shape index (κ1) is 20.7. The van der Waals surface area contributed by atoms with Crippen molar-refractivity contribution in [2.24, 2.45) is 0 Å². The molecule has 32 heavy (non-hydrogen) atoms. The molecule has 0 saturated carbocycles. The van der Waals surface area contributed by atoms with Gasteiger partial charge in [0.1, 0.15) is 0 Å². The molecule has 3 aromatic carbocycles. The topological polar surface area (TPSA) is 64.1 Å². The van der Waals surface area contributed by atoms with Gasteiger partial charge in [0.2, 0.25) is 0 Å². The Labute approximate surface area is 188 Å².